The van der Waals surface area contributed by atoms with Crippen LogP contribution in [0.4, 0.5) is 5.69 Å². The fourth-order valence-electron chi connectivity index (χ4n) is 2.69. The standard InChI is InChI=1S/C15H20N2O3/c1-14(2)19-11-5-4-10(8-12(11)20-14)17-13(18)15(9-16)6-3-7-15/h4-5,8H,3,6-7,9,16H2,1-2H3,(H,17,18). The minimum absolute atomic E-state index is 0.00405. The number of hydrogen-bond donors (Lipinski definition) is 2. The Kier molecular flexibility index (Phi) is 2.90. The second kappa shape index (κ2) is 4.38. The molecule has 2 aliphatic rings. The molecule has 1 aliphatic carbocycles. The maximum atomic E-state index is 12.3. The van der Waals surface area contributed by atoms with Crippen LogP contribution in [0.3, 0.4) is 0 Å². The lowest BCUT2D eigenvalue weighted by atomic mass is 9.68. The molecule has 108 valence electrons. The minimum Gasteiger partial charge on any atom is -0.449 e. The fraction of sp³-hybridized carbons (Fsp3) is 0.533. The molecular weight excluding hydrogens is 256 g/mol. The quantitative estimate of drug-likeness (QED) is 0.888. The predicted molar refractivity (Wildman–Crippen MR) is 75.7 cm³/mol. The van der Waals surface area contributed by atoms with Crippen LogP contribution < -0.4 is 20.5 Å². The highest BCUT2D eigenvalue weighted by Crippen LogP contribution is 2.43. The van der Waals surface area contributed by atoms with Crippen molar-refractivity contribution < 1.29 is 14.3 Å². The number of amides is 1. The maximum absolute atomic E-state index is 12.3. The number of ether oxygens (including phenoxy) is 2. The normalized spacial score (nSPS) is 21.1. The fourth-order valence-corrected chi connectivity index (χ4v) is 2.69. The number of anilines is 1. The molecule has 1 aromatic carbocycles. The lowest BCUT2D eigenvalue weighted by molar-refractivity contribution is -0.129. The number of nitrogens with two attached hydrogens (primary N) is 1. The van der Waals surface area contributed by atoms with Crippen molar-refractivity contribution in [3.05, 3.63) is 18.2 Å². The third-order valence-corrected chi connectivity index (χ3v) is 4.10. The molecule has 5 heteroatoms. The van der Waals surface area contributed by atoms with Crippen LogP contribution in [0.15, 0.2) is 18.2 Å². The summed E-state index contributed by atoms with van der Waals surface area (Å²) in [5.41, 5.74) is 6.08. The Morgan fingerprint density at radius 2 is 2.00 bits per heavy atom. The van der Waals surface area contributed by atoms with E-state index >= 15 is 0 Å². The van der Waals surface area contributed by atoms with Gasteiger partial charge in [0.2, 0.25) is 11.7 Å². The van der Waals surface area contributed by atoms with Gasteiger partial charge in [-0.25, -0.2) is 0 Å². The first kappa shape index (κ1) is 13.2. The summed E-state index contributed by atoms with van der Waals surface area (Å²) in [6, 6.07) is 5.44. The summed E-state index contributed by atoms with van der Waals surface area (Å²) < 4.78 is 11.3. The van der Waals surface area contributed by atoms with Gasteiger partial charge in [0, 0.05) is 32.1 Å². The molecule has 0 atom stereocenters. The first-order valence-electron chi connectivity index (χ1n) is 6.98. The molecule has 1 amide bonds. The number of fused-ring (bicyclic) bond motifs is 1. The van der Waals surface area contributed by atoms with Gasteiger partial charge >= 0.3 is 0 Å². The maximum Gasteiger partial charge on any atom is 0.246 e. The van der Waals surface area contributed by atoms with Crippen molar-refractivity contribution in [3.63, 3.8) is 0 Å². The zero-order chi connectivity index (χ0) is 14.4. The summed E-state index contributed by atoms with van der Waals surface area (Å²) >= 11 is 0. The van der Waals surface area contributed by atoms with Crippen molar-refractivity contribution in [3.8, 4) is 11.5 Å². The zero-order valence-corrected chi connectivity index (χ0v) is 11.9. The van der Waals surface area contributed by atoms with Crippen LogP contribution in [0.2, 0.25) is 0 Å². The predicted octanol–water partition coefficient (Wildman–Crippen LogP) is 2.26. The van der Waals surface area contributed by atoms with Crippen molar-refractivity contribution in [1.82, 2.24) is 0 Å². The number of carbonyl (C=O) groups excluding carboxylic acids is 1. The average Bonchev–Trinajstić information content (AvgIpc) is 2.61. The van der Waals surface area contributed by atoms with E-state index in [9.17, 15) is 4.79 Å². The highest BCUT2D eigenvalue weighted by atomic mass is 16.7. The molecule has 1 aliphatic heterocycles. The smallest absolute Gasteiger partial charge is 0.246 e. The Bertz CT molecular complexity index is 545. The van der Waals surface area contributed by atoms with E-state index in [0.29, 0.717) is 18.0 Å². The minimum atomic E-state index is -0.655. The molecule has 1 heterocycles. The van der Waals surface area contributed by atoms with Gasteiger partial charge in [0.05, 0.1) is 5.41 Å². The van der Waals surface area contributed by atoms with Crippen LogP contribution in [-0.2, 0) is 4.79 Å². The van der Waals surface area contributed by atoms with Crippen LogP contribution in [0.5, 0.6) is 11.5 Å². The number of carbonyl (C=O) groups is 1. The molecule has 3 N–H and O–H groups in total. The summed E-state index contributed by atoms with van der Waals surface area (Å²) in [5, 5.41) is 2.94. The number of rotatable bonds is 3. The highest BCUT2D eigenvalue weighted by Gasteiger charge is 2.43. The number of nitrogens with one attached hydrogen (secondary N) is 1. The molecule has 5 nitrogen and oxygen atoms in total. The van der Waals surface area contributed by atoms with E-state index in [1.807, 2.05) is 26.0 Å². The van der Waals surface area contributed by atoms with Gasteiger partial charge in [-0.3, -0.25) is 4.79 Å². The molecule has 3 rings (SSSR count). The van der Waals surface area contributed by atoms with Crippen molar-refractivity contribution >= 4 is 11.6 Å². The Hall–Kier alpha value is -1.75. The third kappa shape index (κ3) is 2.12. The Morgan fingerprint density at radius 3 is 2.60 bits per heavy atom. The van der Waals surface area contributed by atoms with E-state index in [1.165, 1.54) is 0 Å². The van der Waals surface area contributed by atoms with Crippen LogP contribution in [0, 0.1) is 5.41 Å². The topological polar surface area (TPSA) is 73.6 Å². The van der Waals surface area contributed by atoms with Gasteiger partial charge in [-0.2, -0.15) is 0 Å². The molecule has 0 spiro atoms. The number of hydrogen-bond acceptors (Lipinski definition) is 4. The van der Waals surface area contributed by atoms with Crippen LogP contribution >= 0.6 is 0 Å². The van der Waals surface area contributed by atoms with Crippen LogP contribution in [0.25, 0.3) is 0 Å². The van der Waals surface area contributed by atoms with Gasteiger partial charge < -0.3 is 20.5 Å². The van der Waals surface area contributed by atoms with Crippen molar-refractivity contribution in [2.75, 3.05) is 11.9 Å². The largest absolute Gasteiger partial charge is 0.449 e. The first-order chi connectivity index (χ1) is 9.44. The molecule has 0 unspecified atom stereocenters. The van der Waals surface area contributed by atoms with Gasteiger partial charge in [0.25, 0.3) is 0 Å². The monoisotopic (exact) mass is 276 g/mol. The molecule has 0 saturated heterocycles. The molecule has 0 aromatic heterocycles. The van der Waals surface area contributed by atoms with Crippen molar-refractivity contribution in [2.45, 2.75) is 38.9 Å². The van der Waals surface area contributed by atoms with E-state index in [0.717, 1.165) is 24.9 Å². The molecule has 0 bridgehead atoms. The summed E-state index contributed by atoms with van der Waals surface area (Å²) in [5.74, 6) is 0.704. The van der Waals surface area contributed by atoms with E-state index in [-0.39, 0.29) is 11.3 Å². The second-order valence-corrected chi connectivity index (χ2v) is 6.06. The van der Waals surface area contributed by atoms with Crippen LogP contribution in [-0.4, -0.2) is 18.2 Å². The van der Waals surface area contributed by atoms with Gasteiger partial charge in [0.1, 0.15) is 0 Å². The molecule has 1 saturated carbocycles. The lowest BCUT2D eigenvalue weighted by Gasteiger charge is -2.39. The van der Waals surface area contributed by atoms with Gasteiger partial charge in [0.15, 0.2) is 11.5 Å². The van der Waals surface area contributed by atoms with E-state index < -0.39 is 5.79 Å². The average molecular weight is 276 g/mol. The lowest BCUT2D eigenvalue weighted by Crippen LogP contribution is -2.47. The van der Waals surface area contributed by atoms with Gasteiger partial charge in [-0.05, 0) is 25.0 Å². The Morgan fingerprint density at radius 1 is 1.30 bits per heavy atom. The Labute approximate surface area is 118 Å². The summed E-state index contributed by atoms with van der Waals surface area (Å²) in [6.45, 7) is 4.10. The molecule has 1 aromatic rings. The Balaban J connectivity index is 1.75. The second-order valence-electron chi connectivity index (χ2n) is 6.06. The van der Waals surface area contributed by atoms with Crippen LogP contribution in [0.1, 0.15) is 33.1 Å². The summed E-state index contributed by atoms with van der Waals surface area (Å²) in [4.78, 5) is 12.3. The van der Waals surface area contributed by atoms with Gasteiger partial charge in [-0.15, -0.1) is 0 Å². The van der Waals surface area contributed by atoms with E-state index in [4.69, 9.17) is 15.2 Å². The highest BCUT2D eigenvalue weighted by molar-refractivity contribution is 5.96. The van der Waals surface area contributed by atoms with Crippen molar-refractivity contribution in [1.29, 1.82) is 0 Å². The van der Waals surface area contributed by atoms with Gasteiger partial charge in [-0.1, -0.05) is 6.42 Å². The molecule has 20 heavy (non-hydrogen) atoms. The summed E-state index contributed by atoms with van der Waals surface area (Å²) in [7, 11) is 0. The van der Waals surface area contributed by atoms with E-state index in [1.54, 1.807) is 6.07 Å². The first-order valence-corrected chi connectivity index (χ1v) is 6.98. The third-order valence-electron chi connectivity index (χ3n) is 4.10. The molecular formula is C15H20N2O3. The van der Waals surface area contributed by atoms with Crippen molar-refractivity contribution in [2.24, 2.45) is 11.1 Å². The zero-order valence-electron chi connectivity index (χ0n) is 11.9. The molecule has 0 radical (unpaired) electrons. The molecule has 1 fully saturated rings. The van der Waals surface area contributed by atoms with E-state index in [2.05, 4.69) is 5.32 Å². The summed E-state index contributed by atoms with van der Waals surface area (Å²) in [6.07, 6.45) is 2.81. The SMILES string of the molecule is CC1(C)Oc2ccc(NC(=O)C3(CN)CCC3)cc2O1. The number of benzene rings is 1.